The first kappa shape index (κ1) is 23.2. The lowest BCUT2D eigenvalue weighted by atomic mass is 9.68. The minimum Gasteiger partial charge on any atom is -0.490 e. The van der Waals surface area contributed by atoms with Gasteiger partial charge in [-0.1, -0.05) is 46.0 Å². The fraction of sp³-hybridized carbons (Fsp3) is 0.731. The molecule has 0 spiro atoms. The van der Waals surface area contributed by atoms with Gasteiger partial charge in [-0.15, -0.1) is 0 Å². The van der Waals surface area contributed by atoms with Crippen LogP contribution >= 0.6 is 0 Å². The van der Waals surface area contributed by atoms with Crippen molar-refractivity contribution in [3.05, 3.63) is 29.3 Å². The summed E-state index contributed by atoms with van der Waals surface area (Å²) < 4.78 is 34.0. The number of unbranched alkanes of at least 4 members (excludes halogenated alkanes) is 1. The molecule has 0 saturated heterocycles. The highest BCUT2D eigenvalue weighted by atomic mass is 19.2. The molecule has 2 fully saturated rings. The molecule has 2 aliphatic carbocycles. The number of hydrogen-bond acceptors (Lipinski definition) is 2. The summed E-state index contributed by atoms with van der Waals surface area (Å²) in [7, 11) is 0. The fourth-order valence-electron chi connectivity index (χ4n) is 5.56. The second-order valence-electron chi connectivity index (χ2n) is 9.49. The van der Waals surface area contributed by atoms with Gasteiger partial charge in [-0.25, -0.2) is 4.39 Å². The number of rotatable bonds is 9. The van der Waals surface area contributed by atoms with Crippen molar-refractivity contribution in [2.24, 2.45) is 23.7 Å². The van der Waals surface area contributed by atoms with Gasteiger partial charge in [-0.3, -0.25) is 4.79 Å². The van der Waals surface area contributed by atoms with E-state index in [0.29, 0.717) is 18.9 Å². The molecule has 0 bridgehead atoms. The standard InChI is InChI=1S/C26H38F2O2/c1-3-5-6-18-7-9-19(10-8-18)20-11-13-21(14-12-20)26(29)22-15-16-23(30-17-4-2)25(28)24(22)27/h15-16,18-21H,3-14,17H2,1-2H3. The van der Waals surface area contributed by atoms with Gasteiger partial charge >= 0.3 is 0 Å². The number of halogens is 2. The van der Waals surface area contributed by atoms with Crippen molar-refractivity contribution in [3.63, 3.8) is 0 Å². The van der Waals surface area contributed by atoms with Gasteiger partial charge in [0.15, 0.2) is 17.3 Å². The number of ketones is 1. The zero-order valence-corrected chi connectivity index (χ0v) is 18.7. The Bertz CT molecular complexity index is 687. The van der Waals surface area contributed by atoms with Gasteiger partial charge in [-0.2, -0.15) is 4.39 Å². The SMILES string of the molecule is CCCCC1CCC(C2CCC(C(=O)c3ccc(OCCC)c(F)c3F)CC2)CC1. The highest BCUT2D eigenvalue weighted by Gasteiger charge is 2.34. The molecule has 0 amide bonds. The number of carbonyl (C=O) groups is 1. The molecule has 0 unspecified atom stereocenters. The number of benzene rings is 1. The summed E-state index contributed by atoms with van der Waals surface area (Å²) in [4.78, 5) is 12.9. The van der Waals surface area contributed by atoms with E-state index in [-0.39, 0.29) is 23.0 Å². The van der Waals surface area contributed by atoms with E-state index >= 15 is 0 Å². The van der Waals surface area contributed by atoms with Crippen molar-refractivity contribution in [2.45, 2.75) is 90.9 Å². The van der Waals surface area contributed by atoms with Crippen molar-refractivity contribution in [2.75, 3.05) is 6.61 Å². The first-order valence-electron chi connectivity index (χ1n) is 12.2. The zero-order valence-electron chi connectivity index (χ0n) is 18.7. The maximum absolute atomic E-state index is 14.5. The Balaban J connectivity index is 1.52. The molecule has 2 saturated carbocycles. The number of ether oxygens (including phenoxy) is 1. The summed E-state index contributed by atoms with van der Waals surface area (Å²) in [5.41, 5.74) is -0.115. The number of carbonyl (C=O) groups excluding carboxylic acids is 1. The molecule has 30 heavy (non-hydrogen) atoms. The minimum absolute atomic E-state index is 0.107. The first-order chi connectivity index (χ1) is 14.5. The van der Waals surface area contributed by atoms with Crippen molar-refractivity contribution in [1.82, 2.24) is 0 Å². The van der Waals surface area contributed by atoms with Crippen LogP contribution in [0.1, 0.15) is 101 Å². The molecule has 0 N–H and O–H groups in total. The molecular weight excluding hydrogens is 382 g/mol. The van der Waals surface area contributed by atoms with Crippen LogP contribution in [-0.2, 0) is 0 Å². The van der Waals surface area contributed by atoms with Crippen LogP contribution in [0.4, 0.5) is 8.78 Å². The van der Waals surface area contributed by atoms with Crippen molar-refractivity contribution in [1.29, 1.82) is 0 Å². The Kier molecular flexibility index (Phi) is 8.71. The van der Waals surface area contributed by atoms with E-state index in [1.807, 2.05) is 6.92 Å². The molecular formula is C26H38F2O2. The smallest absolute Gasteiger partial charge is 0.201 e. The van der Waals surface area contributed by atoms with Crippen molar-refractivity contribution < 1.29 is 18.3 Å². The molecule has 1 aromatic carbocycles. The molecule has 0 atom stereocenters. The third kappa shape index (κ3) is 5.62. The van der Waals surface area contributed by atoms with Crippen LogP contribution in [0.5, 0.6) is 5.75 Å². The maximum atomic E-state index is 14.5. The van der Waals surface area contributed by atoms with E-state index in [1.54, 1.807) is 0 Å². The average Bonchev–Trinajstić information content (AvgIpc) is 2.79. The van der Waals surface area contributed by atoms with Crippen molar-refractivity contribution in [3.8, 4) is 5.75 Å². The normalized spacial score (nSPS) is 27.1. The lowest BCUT2D eigenvalue weighted by molar-refractivity contribution is 0.0823. The van der Waals surface area contributed by atoms with Gasteiger partial charge < -0.3 is 4.74 Å². The van der Waals surface area contributed by atoms with Crippen LogP contribution in [0.2, 0.25) is 0 Å². The van der Waals surface area contributed by atoms with Gasteiger partial charge in [0.2, 0.25) is 5.82 Å². The quantitative estimate of drug-likeness (QED) is 0.382. The summed E-state index contributed by atoms with van der Waals surface area (Å²) in [5, 5.41) is 0. The summed E-state index contributed by atoms with van der Waals surface area (Å²) in [6.07, 6.45) is 13.8. The number of Topliss-reactive ketones (excluding diaryl/α,β-unsaturated/α-hetero) is 1. The predicted octanol–water partition coefficient (Wildman–Crippen LogP) is 7.74. The van der Waals surface area contributed by atoms with Crippen LogP contribution in [0.15, 0.2) is 12.1 Å². The zero-order chi connectivity index (χ0) is 21.5. The average molecular weight is 421 g/mol. The molecule has 3 rings (SSSR count). The Morgan fingerprint density at radius 3 is 2.13 bits per heavy atom. The largest absolute Gasteiger partial charge is 0.490 e. The first-order valence-corrected chi connectivity index (χ1v) is 12.2. The third-order valence-electron chi connectivity index (χ3n) is 7.44. The lowest BCUT2D eigenvalue weighted by Gasteiger charge is -2.37. The van der Waals surface area contributed by atoms with Gasteiger partial charge in [0.05, 0.1) is 12.2 Å². The van der Waals surface area contributed by atoms with Crippen LogP contribution in [0.3, 0.4) is 0 Å². The molecule has 168 valence electrons. The van der Waals surface area contributed by atoms with Crippen LogP contribution in [0.25, 0.3) is 0 Å². The summed E-state index contributed by atoms with van der Waals surface area (Å²) in [5.74, 6) is -0.210. The molecule has 4 heteroatoms. The Hall–Kier alpha value is -1.45. The van der Waals surface area contributed by atoms with Gasteiger partial charge in [0.1, 0.15) is 0 Å². The lowest BCUT2D eigenvalue weighted by Crippen LogP contribution is -2.28. The maximum Gasteiger partial charge on any atom is 0.201 e. The molecule has 2 aliphatic rings. The number of hydrogen-bond donors (Lipinski definition) is 0. The Labute approximate surface area is 180 Å². The Morgan fingerprint density at radius 2 is 1.53 bits per heavy atom. The Morgan fingerprint density at radius 1 is 0.900 bits per heavy atom. The highest BCUT2D eigenvalue weighted by Crippen LogP contribution is 2.43. The summed E-state index contributed by atoms with van der Waals surface area (Å²) in [6.45, 7) is 4.50. The van der Waals surface area contributed by atoms with E-state index in [1.165, 1.54) is 57.1 Å². The van der Waals surface area contributed by atoms with Gasteiger partial charge in [-0.05, 0) is 74.8 Å². The van der Waals surface area contributed by atoms with E-state index in [9.17, 15) is 13.6 Å². The van der Waals surface area contributed by atoms with E-state index in [4.69, 9.17) is 4.74 Å². The molecule has 0 heterocycles. The van der Waals surface area contributed by atoms with Crippen molar-refractivity contribution >= 4 is 5.78 Å². The summed E-state index contributed by atoms with van der Waals surface area (Å²) in [6, 6.07) is 2.79. The predicted molar refractivity (Wildman–Crippen MR) is 117 cm³/mol. The van der Waals surface area contributed by atoms with E-state index in [2.05, 4.69) is 6.92 Å². The van der Waals surface area contributed by atoms with Gasteiger partial charge in [0.25, 0.3) is 0 Å². The van der Waals surface area contributed by atoms with Crippen LogP contribution in [-0.4, -0.2) is 12.4 Å². The van der Waals surface area contributed by atoms with E-state index in [0.717, 1.165) is 37.5 Å². The van der Waals surface area contributed by atoms with E-state index < -0.39 is 11.6 Å². The molecule has 2 nitrogen and oxygen atoms in total. The molecule has 0 radical (unpaired) electrons. The molecule has 0 aromatic heterocycles. The molecule has 0 aliphatic heterocycles. The van der Waals surface area contributed by atoms with Crippen LogP contribution in [0, 0.1) is 35.3 Å². The summed E-state index contributed by atoms with van der Waals surface area (Å²) >= 11 is 0. The third-order valence-corrected chi connectivity index (χ3v) is 7.44. The highest BCUT2D eigenvalue weighted by molar-refractivity contribution is 5.98. The van der Waals surface area contributed by atoms with Crippen LogP contribution < -0.4 is 4.74 Å². The monoisotopic (exact) mass is 420 g/mol. The molecule has 1 aromatic rings. The van der Waals surface area contributed by atoms with Gasteiger partial charge in [0, 0.05) is 5.92 Å². The topological polar surface area (TPSA) is 26.3 Å². The second-order valence-corrected chi connectivity index (χ2v) is 9.49. The minimum atomic E-state index is -1.05. The fourth-order valence-corrected chi connectivity index (χ4v) is 5.56. The second kappa shape index (κ2) is 11.2.